The highest BCUT2D eigenvalue weighted by Crippen LogP contribution is 2.41. The van der Waals surface area contributed by atoms with Gasteiger partial charge in [0.1, 0.15) is 6.29 Å². The molecular formula is C20H19NO3. The van der Waals surface area contributed by atoms with E-state index in [0.29, 0.717) is 29.3 Å². The first-order chi connectivity index (χ1) is 11.7. The second-order valence-corrected chi connectivity index (χ2v) is 6.52. The van der Waals surface area contributed by atoms with Crippen LogP contribution >= 0.6 is 0 Å². The van der Waals surface area contributed by atoms with Crippen LogP contribution in [0.15, 0.2) is 36.4 Å². The van der Waals surface area contributed by atoms with Crippen molar-refractivity contribution in [3.63, 3.8) is 0 Å². The molecule has 0 unspecified atom stereocenters. The number of fused-ring (bicyclic) bond motifs is 1. The average Bonchev–Trinajstić information content (AvgIpc) is 3.46. The Labute approximate surface area is 140 Å². The number of hydrogen-bond acceptors (Lipinski definition) is 3. The predicted molar refractivity (Wildman–Crippen MR) is 91.5 cm³/mol. The Morgan fingerprint density at radius 1 is 1.21 bits per heavy atom. The fraction of sp³-hybridized carbons (Fsp3) is 0.300. The van der Waals surface area contributed by atoms with Crippen LogP contribution in [0, 0.1) is 0 Å². The summed E-state index contributed by atoms with van der Waals surface area (Å²) in [6, 6.07) is 11.4. The lowest BCUT2D eigenvalue weighted by molar-refractivity contribution is 0.0979. The van der Waals surface area contributed by atoms with Crippen molar-refractivity contribution in [2.45, 2.75) is 31.8 Å². The Hall–Kier alpha value is -2.46. The van der Waals surface area contributed by atoms with Gasteiger partial charge in [-0.1, -0.05) is 24.3 Å². The number of amides is 1. The molecule has 1 aliphatic carbocycles. The summed E-state index contributed by atoms with van der Waals surface area (Å²) in [6.45, 7) is 0.302. The summed E-state index contributed by atoms with van der Waals surface area (Å²) in [4.78, 5) is 25.8. The van der Waals surface area contributed by atoms with Gasteiger partial charge in [0, 0.05) is 23.2 Å². The number of aliphatic hydroxyl groups is 1. The summed E-state index contributed by atoms with van der Waals surface area (Å²) in [5.74, 6) is 0.616. The molecule has 1 aliphatic heterocycles. The van der Waals surface area contributed by atoms with E-state index in [9.17, 15) is 14.7 Å². The van der Waals surface area contributed by atoms with Crippen LogP contribution in [0.5, 0.6) is 0 Å². The predicted octanol–water partition coefficient (Wildman–Crippen LogP) is 3.07. The van der Waals surface area contributed by atoms with Gasteiger partial charge < -0.3 is 10.0 Å². The monoisotopic (exact) mass is 321 g/mol. The summed E-state index contributed by atoms with van der Waals surface area (Å²) < 4.78 is 0. The molecule has 2 aliphatic rings. The van der Waals surface area contributed by atoms with E-state index in [4.69, 9.17) is 0 Å². The largest absolute Gasteiger partial charge is 0.392 e. The minimum absolute atomic E-state index is 0.0589. The van der Waals surface area contributed by atoms with Crippen LogP contribution in [0.3, 0.4) is 0 Å². The third kappa shape index (κ3) is 2.43. The number of anilines is 1. The number of nitrogens with zero attached hydrogens (tertiary/aromatic N) is 1. The van der Waals surface area contributed by atoms with Gasteiger partial charge in [-0.3, -0.25) is 9.59 Å². The normalized spacial score (nSPS) is 16.9. The second kappa shape index (κ2) is 5.87. The van der Waals surface area contributed by atoms with Crippen LogP contribution in [-0.2, 0) is 13.0 Å². The van der Waals surface area contributed by atoms with Gasteiger partial charge in [0.05, 0.1) is 12.3 Å². The Balaban J connectivity index is 1.72. The number of aldehydes is 1. The number of benzene rings is 2. The minimum atomic E-state index is -0.262. The van der Waals surface area contributed by atoms with Crippen molar-refractivity contribution >= 4 is 17.9 Å². The summed E-state index contributed by atoms with van der Waals surface area (Å²) in [6.07, 6.45) is 4.01. The van der Waals surface area contributed by atoms with Gasteiger partial charge >= 0.3 is 0 Å². The van der Waals surface area contributed by atoms with Gasteiger partial charge in [-0.05, 0) is 48.4 Å². The van der Waals surface area contributed by atoms with Crippen molar-refractivity contribution in [2.24, 2.45) is 0 Å². The molecule has 4 nitrogen and oxygen atoms in total. The highest BCUT2D eigenvalue weighted by Gasteiger charge is 2.30. The van der Waals surface area contributed by atoms with Crippen molar-refractivity contribution in [1.82, 2.24) is 0 Å². The minimum Gasteiger partial charge on any atom is -0.392 e. The summed E-state index contributed by atoms with van der Waals surface area (Å²) in [7, 11) is 0. The maximum atomic E-state index is 12.9. The lowest BCUT2D eigenvalue weighted by Crippen LogP contribution is -2.38. The lowest BCUT2D eigenvalue weighted by Gasteiger charge is -2.30. The van der Waals surface area contributed by atoms with Gasteiger partial charge in [0.25, 0.3) is 5.91 Å². The van der Waals surface area contributed by atoms with Gasteiger partial charge in [-0.15, -0.1) is 0 Å². The van der Waals surface area contributed by atoms with Crippen molar-refractivity contribution in [3.8, 4) is 0 Å². The summed E-state index contributed by atoms with van der Waals surface area (Å²) in [5.41, 5.74) is 4.75. The quantitative estimate of drug-likeness (QED) is 0.881. The molecule has 0 aromatic heterocycles. The van der Waals surface area contributed by atoms with Gasteiger partial charge in [-0.2, -0.15) is 0 Å². The molecule has 4 rings (SSSR count). The molecule has 4 heteroatoms. The van der Waals surface area contributed by atoms with E-state index in [1.165, 1.54) is 18.4 Å². The summed E-state index contributed by atoms with van der Waals surface area (Å²) in [5, 5.41) is 9.65. The smallest absolute Gasteiger partial charge is 0.258 e. The first-order valence-corrected chi connectivity index (χ1v) is 8.35. The number of carbonyl (C=O) groups is 2. The molecule has 0 radical (unpaired) electrons. The highest BCUT2D eigenvalue weighted by atomic mass is 16.3. The molecule has 1 amide bonds. The van der Waals surface area contributed by atoms with Crippen LogP contribution in [0.1, 0.15) is 56.2 Å². The van der Waals surface area contributed by atoms with Crippen LogP contribution in [-0.4, -0.2) is 23.8 Å². The number of aliphatic hydroxyl groups excluding tert-OH is 1. The van der Waals surface area contributed by atoms with Crippen molar-refractivity contribution < 1.29 is 14.7 Å². The average molecular weight is 321 g/mol. The lowest BCUT2D eigenvalue weighted by atomic mass is 9.94. The molecule has 1 heterocycles. The molecule has 122 valence electrons. The Morgan fingerprint density at radius 3 is 2.75 bits per heavy atom. The first-order valence-electron chi connectivity index (χ1n) is 8.35. The van der Waals surface area contributed by atoms with Crippen molar-refractivity contribution in [2.75, 3.05) is 11.4 Å². The van der Waals surface area contributed by atoms with E-state index in [1.807, 2.05) is 6.07 Å². The first kappa shape index (κ1) is 15.1. The topological polar surface area (TPSA) is 57.6 Å². The Bertz CT molecular complexity index is 824. The molecule has 0 spiro atoms. The molecule has 2 aromatic rings. The van der Waals surface area contributed by atoms with Gasteiger partial charge in [0.2, 0.25) is 0 Å². The Morgan fingerprint density at radius 2 is 2.04 bits per heavy atom. The molecule has 0 saturated heterocycles. The van der Waals surface area contributed by atoms with E-state index in [0.717, 1.165) is 23.8 Å². The zero-order chi connectivity index (χ0) is 16.7. The number of carbonyl (C=O) groups excluding carboxylic acids is 2. The van der Waals surface area contributed by atoms with Crippen LogP contribution in [0.2, 0.25) is 0 Å². The standard InChI is InChI=1S/C20H19NO3/c22-11-16-2-1-3-19(18(16)12-23)21-9-8-15-10-14(13-4-5-13)6-7-17(15)20(21)24/h1-3,6-7,10-11,13,23H,4-5,8-9,12H2. The molecule has 2 aromatic carbocycles. The molecule has 0 atom stereocenters. The van der Waals surface area contributed by atoms with Crippen LogP contribution < -0.4 is 4.90 Å². The maximum Gasteiger partial charge on any atom is 0.258 e. The van der Waals surface area contributed by atoms with E-state index < -0.39 is 0 Å². The number of rotatable bonds is 4. The van der Waals surface area contributed by atoms with E-state index in [1.54, 1.807) is 23.1 Å². The molecule has 24 heavy (non-hydrogen) atoms. The van der Waals surface area contributed by atoms with E-state index >= 15 is 0 Å². The van der Waals surface area contributed by atoms with Crippen molar-refractivity contribution in [3.05, 3.63) is 64.2 Å². The molecule has 0 bridgehead atoms. The van der Waals surface area contributed by atoms with Crippen LogP contribution in [0.4, 0.5) is 5.69 Å². The number of hydrogen-bond donors (Lipinski definition) is 1. The fourth-order valence-electron chi connectivity index (χ4n) is 3.54. The zero-order valence-corrected chi connectivity index (χ0v) is 13.4. The molecular weight excluding hydrogens is 302 g/mol. The van der Waals surface area contributed by atoms with Gasteiger partial charge in [-0.25, -0.2) is 0 Å². The fourth-order valence-corrected chi connectivity index (χ4v) is 3.54. The van der Waals surface area contributed by atoms with E-state index in [-0.39, 0.29) is 12.5 Å². The third-order valence-corrected chi connectivity index (χ3v) is 5.02. The maximum absolute atomic E-state index is 12.9. The highest BCUT2D eigenvalue weighted by molar-refractivity contribution is 6.09. The molecule has 1 N–H and O–H groups in total. The summed E-state index contributed by atoms with van der Waals surface area (Å²) >= 11 is 0. The molecule has 1 fully saturated rings. The van der Waals surface area contributed by atoms with E-state index in [2.05, 4.69) is 12.1 Å². The molecule has 1 saturated carbocycles. The zero-order valence-electron chi connectivity index (χ0n) is 13.4. The van der Waals surface area contributed by atoms with Crippen molar-refractivity contribution in [1.29, 1.82) is 0 Å². The van der Waals surface area contributed by atoms with Gasteiger partial charge in [0.15, 0.2) is 0 Å². The SMILES string of the molecule is O=Cc1cccc(N2CCc3cc(C4CC4)ccc3C2=O)c1CO. The third-order valence-electron chi connectivity index (χ3n) is 5.02. The Kier molecular flexibility index (Phi) is 3.69. The van der Waals surface area contributed by atoms with Crippen LogP contribution in [0.25, 0.3) is 0 Å². The second-order valence-electron chi connectivity index (χ2n) is 6.52.